The van der Waals surface area contributed by atoms with Gasteiger partial charge in [-0.15, -0.1) is 0 Å². The van der Waals surface area contributed by atoms with Gasteiger partial charge in [0.15, 0.2) is 0 Å². The molecule has 1 aliphatic rings. The van der Waals surface area contributed by atoms with Crippen molar-refractivity contribution < 1.29 is 32.3 Å². The lowest BCUT2D eigenvalue weighted by Crippen LogP contribution is -2.41. The molecule has 34 heavy (non-hydrogen) atoms. The lowest BCUT2D eigenvalue weighted by atomic mass is 10.1. The van der Waals surface area contributed by atoms with Gasteiger partial charge in [0.05, 0.1) is 16.7 Å². The summed E-state index contributed by atoms with van der Waals surface area (Å²) in [5.41, 5.74) is -0.931. The van der Waals surface area contributed by atoms with E-state index in [0.717, 1.165) is 12.1 Å². The van der Waals surface area contributed by atoms with Crippen LogP contribution < -0.4 is 10.2 Å². The number of alkyl halides is 3. The third kappa shape index (κ3) is 4.75. The predicted molar refractivity (Wildman–Crippen MR) is 113 cm³/mol. The first-order valence-electron chi connectivity index (χ1n) is 9.99. The second-order valence-electron chi connectivity index (χ2n) is 7.51. The fraction of sp³-hybridized carbons (Fsp3) is 0.350. The first-order valence-corrected chi connectivity index (χ1v) is 10.4. The molecule has 0 saturated carbocycles. The minimum atomic E-state index is -4.63. The number of hydrogen-bond donors (Lipinski definition) is 2. The zero-order valence-electron chi connectivity index (χ0n) is 17.7. The van der Waals surface area contributed by atoms with E-state index in [1.54, 1.807) is 6.92 Å². The zero-order valence-corrected chi connectivity index (χ0v) is 18.5. The van der Waals surface area contributed by atoms with Gasteiger partial charge >= 0.3 is 12.3 Å². The molecule has 3 atom stereocenters. The van der Waals surface area contributed by atoms with Crippen molar-refractivity contribution in [2.24, 2.45) is 0 Å². The summed E-state index contributed by atoms with van der Waals surface area (Å²) in [5.74, 6) is 0.333. The Kier molecular flexibility index (Phi) is 6.32. The van der Waals surface area contributed by atoms with Gasteiger partial charge in [-0.3, -0.25) is 4.90 Å². The molecule has 2 N–H and O–H groups in total. The Balaban J connectivity index is 1.53. The van der Waals surface area contributed by atoms with E-state index < -0.39 is 41.0 Å². The third-order valence-corrected chi connectivity index (χ3v) is 5.37. The van der Waals surface area contributed by atoms with Crippen LogP contribution in [0.15, 0.2) is 35.0 Å². The molecule has 1 aliphatic heterocycles. The van der Waals surface area contributed by atoms with Crippen molar-refractivity contribution in [1.82, 2.24) is 20.1 Å². The third-order valence-electron chi connectivity index (χ3n) is 5.04. The van der Waals surface area contributed by atoms with Gasteiger partial charge in [0.1, 0.15) is 24.5 Å². The zero-order chi connectivity index (χ0) is 24.6. The monoisotopic (exact) mass is 498 g/mol. The summed E-state index contributed by atoms with van der Waals surface area (Å²) in [5, 5.41) is 16.1. The molecule has 3 heterocycles. The van der Waals surface area contributed by atoms with Crippen molar-refractivity contribution in [2.75, 3.05) is 16.8 Å². The number of nitrogens with one attached hydrogen (secondary N) is 1. The molecule has 0 aliphatic carbocycles. The van der Waals surface area contributed by atoms with Crippen molar-refractivity contribution in [3.8, 4) is 11.4 Å². The number of amides is 1. The number of aliphatic hydroxyl groups excluding tert-OH is 1. The Morgan fingerprint density at radius 1 is 1.26 bits per heavy atom. The highest BCUT2D eigenvalue weighted by Gasteiger charge is 2.38. The number of halogens is 4. The normalized spacial score (nSPS) is 18.0. The molecule has 0 radical (unpaired) electrons. The second kappa shape index (κ2) is 9.06. The van der Waals surface area contributed by atoms with Crippen molar-refractivity contribution >= 4 is 29.5 Å². The molecule has 180 valence electrons. The maximum Gasteiger partial charge on any atom is 0.417 e. The Morgan fingerprint density at radius 3 is 2.74 bits per heavy atom. The molecule has 0 bridgehead atoms. The summed E-state index contributed by atoms with van der Waals surface area (Å²) in [6.45, 7) is 3.21. The molecular formula is C20H18ClF3N6O4. The van der Waals surface area contributed by atoms with E-state index in [-0.39, 0.29) is 35.7 Å². The van der Waals surface area contributed by atoms with Gasteiger partial charge in [-0.25, -0.2) is 9.78 Å². The molecule has 4 rings (SSSR count). The van der Waals surface area contributed by atoms with Crippen molar-refractivity contribution in [2.45, 2.75) is 38.2 Å². The highest BCUT2D eigenvalue weighted by molar-refractivity contribution is 6.31. The summed E-state index contributed by atoms with van der Waals surface area (Å²) in [7, 11) is 0. The Labute approximate surface area is 195 Å². The van der Waals surface area contributed by atoms with E-state index in [2.05, 4.69) is 25.4 Å². The molecule has 1 amide bonds. The summed E-state index contributed by atoms with van der Waals surface area (Å²) >= 11 is 5.65. The Morgan fingerprint density at radius 2 is 2.03 bits per heavy atom. The van der Waals surface area contributed by atoms with E-state index in [4.69, 9.17) is 20.9 Å². The van der Waals surface area contributed by atoms with Crippen LogP contribution in [0.4, 0.5) is 29.7 Å². The van der Waals surface area contributed by atoms with Crippen molar-refractivity contribution in [1.29, 1.82) is 0 Å². The standard InChI is InChI=1S/C20H18ClF3N6O4/c1-9(17-28-16(29-34-17)11-3-4-13(21)12(7-11)20(22,23)24)26-18-25-6-5-15(27-18)30-14(10(2)31)8-33-19(30)32/h3-7,9-10,14,31H,8H2,1-2H3,(H,25,26,27)/t9-,10+,14+/m0/s1. The Hall–Kier alpha value is -3.45. The van der Waals surface area contributed by atoms with Crippen LogP contribution in [0.2, 0.25) is 5.02 Å². The largest absolute Gasteiger partial charge is 0.447 e. The number of rotatable bonds is 6. The number of carbonyl (C=O) groups excluding carboxylic acids is 1. The first kappa shape index (κ1) is 23.7. The van der Waals surface area contributed by atoms with Crippen LogP contribution in [-0.4, -0.2) is 50.1 Å². The van der Waals surface area contributed by atoms with Crippen LogP contribution in [0.5, 0.6) is 0 Å². The molecule has 0 unspecified atom stereocenters. The summed E-state index contributed by atoms with van der Waals surface area (Å²) in [6, 6.07) is 3.55. The fourth-order valence-corrected chi connectivity index (χ4v) is 3.50. The molecular weight excluding hydrogens is 481 g/mol. The number of carbonyl (C=O) groups is 1. The fourth-order valence-electron chi connectivity index (χ4n) is 3.27. The van der Waals surface area contributed by atoms with Gasteiger partial charge in [-0.05, 0) is 38.1 Å². The van der Waals surface area contributed by atoms with Crippen LogP contribution in [0.3, 0.4) is 0 Å². The van der Waals surface area contributed by atoms with E-state index in [0.29, 0.717) is 0 Å². The highest BCUT2D eigenvalue weighted by Crippen LogP contribution is 2.37. The predicted octanol–water partition coefficient (Wildman–Crippen LogP) is 4.08. The molecule has 1 aromatic carbocycles. The number of aromatic nitrogens is 4. The summed E-state index contributed by atoms with van der Waals surface area (Å²) in [4.78, 5) is 25.8. The topological polar surface area (TPSA) is 127 Å². The summed E-state index contributed by atoms with van der Waals surface area (Å²) in [6.07, 6.45) is -4.72. The van der Waals surface area contributed by atoms with Gasteiger partial charge in [0.2, 0.25) is 17.7 Å². The summed E-state index contributed by atoms with van der Waals surface area (Å²) < 4.78 is 49.6. The van der Waals surface area contributed by atoms with Gasteiger partial charge in [-0.2, -0.15) is 23.1 Å². The van der Waals surface area contributed by atoms with E-state index in [1.807, 2.05) is 0 Å². The maximum absolute atomic E-state index is 13.1. The SMILES string of the molecule is C[C@H](Nc1nccc(N2C(=O)OC[C@@H]2[C@@H](C)O)n1)c1nc(-c2ccc(Cl)c(C(F)(F)F)c2)no1. The maximum atomic E-state index is 13.1. The van der Waals surface area contributed by atoms with Crippen molar-refractivity contribution in [3.05, 3.63) is 46.9 Å². The smallest absolute Gasteiger partial charge is 0.417 e. The molecule has 0 spiro atoms. The number of cyclic esters (lactones) is 1. The molecule has 2 aromatic heterocycles. The van der Waals surface area contributed by atoms with Crippen LogP contribution >= 0.6 is 11.6 Å². The number of benzene rings is 1. The lowest BCUT2D eigenvalue weighted by Gasteiger charge is -2.22. The molecule has 1 saturated heterocycles. The second-order valence-corrected chi connectivity index (χ2v) is 7.92. The van der Waals surface area contributed by atoms with E-state index in [1.165, 1.54) is 30.2 Å². The van der Waals surface area contributed by atoms with Crippen LogP contribution in [0, 0.1) is 0 Å². The molecule has 10 nitrogen and oxygen atoms in total. The van der Waals surface area contributed by atoms with Crippen LogP contribution in [0.1, 0.15) is 31.3 Å². The average Bonchev–Trinajstić information content (AvgIpc) is 3.41. The molecule has 1 fully saturated rings. The van der Waals surface area contributed by atoms with Gasteiger partial charge in [0, 0.05) is 11.8 Å². The number of aliphatic hydroxyl groups is 1. The first-order chi connectivity index (χ1) is 16.0. The minimum absolute atomic E-state index is 0.0190. The van der Waals surface area contributed by atoms with Crippen molar-refractivity contribution in [3.63, 3.8) is 0 Å². The highest BCUT2D eigenvalue weighted by atomic mass is 35.5. The average molecular weight is 499 g/mol. The van der Waals surface area contributed by atoms with E-state index in [9.17, 15) is 23.1 Å². The number of anilines is 2. The van der Waals surface area contributed by atoms with Gasteiger partial charge in [-0.1, -0.05) is 16.8 Å². The quantitative estimate of drug-likeness (QED) is 0.516. The number of hydrogen-bond acceptors (Lipinski definition) is 9. The van der Waals surface area contributed by atoms with Crippen LogP contribution in [0.25, 0.3) is 11.4 Å². The van der Waals surface area contributed by atoms with Gasteiger partial charge in [0.25, 0.3) is 0 Å². The minimum Gasteiger partial charge on any atom is -0.447 e. The number of nitrogens with zero attached hydrogens (tertiary/aromatic N) is 5. The Bertz CT molecular complexity index is 1210. The lowest BCUT2D eigenvalue weighted by molar-refractivity contribution is -0.137. The van der Waals surface area contributed by atoms with Gasteiger partial charge < -0.3 is 19.7 Å². The number of ether oxygens (including phenoxy) is 1. The van der Waals surface area contributed by atoms with E-state index >= 15 is 0 Å². The van der Waals surface area contributed by atoms with Crippen LogP contribution in [-0.2, 0) is 10.9 Å². The molecule has 14 heteroatoms. The molecule has 3 aromatic rings.